The number of nitro benzene ring substituents is 1. The third-order valence-electron chi connectivity index (χ3n) is 4.74. The van der Waals surface area contributed by atoms with Crippen LogP contribution in [0.5, 0.6) is 0 Å². The lowest BCUT2D eigenvalue weighted by Crippen LogP contribution is -2.49. The van der Waals surface area contributed by atoms with E-state index in [9.17, 15) is 19.3 Å². The molecule has 0 N–H and O–H groups in total. The number of carbonyl (C=O) groups excluding carboxylic acids is 1. The molecule has 1 fully saturated rings. The molecule has 1 aromatic heterocycles. The highest BCUT2D eigenvalue weighted by Gasteiger charge is 2.23. The highest BCUT2D eigenvalue weighted by Crippen LogP contribution is 2.31. The molecule has 0 spiro atoms. The number of anilines is 1. The smallest absolute Gasteiger partial charge is 0.270 e. The maximum atomic E-state index is 13.0. The maximum Gasteiger partial charge on any atom is 0.270 e. The second kappa shape index (κ2) is 7.51. The van der Waals surface area contributed by atoms with Crippen molar-refractivity contribution in [2.75, 3.05) is 31.1 Å². The minimum atomic E-state index is -0.412. The number of hydrogen-bond acceptors (Lipinski definition) is 6. The second-order valence-corrected chi connectivity index (χ2v) is 7.59. The van der Waals surface area contributed by atoms with Crippen LogP contribution in [0.4, 0.5) is 15.2 Å². The first kappa shape index (κ1) is 18.3. The molecule has 0 radical (unpaired) electrons. The summed E-state index contributed by atoms with van der Waals surface area (Å²) >= 11 is 1.42. The Bertz CT molecular complexity index is 1030. The number of piperazine rings is 1. The van der Waals surface area contributed by atoms with Crippen molar-refractivity contribution in [2.24, 2.45) is 0 Å². The molecule has 2 aromatic carbocycles. The van der Waals surface area contributed by atoms with Crippen LogP contribution in [-0.2, 0) is 11.2 Å². The zero-order valence-corrected chi connectivity index (χ0v) is 15.7. The molecule has 7 nitrogen and oxygen atoms in total. The number of hydrogen-bond donors (Lipinski definition) is 0. The van der Waals surface area contributed by atoms with Crippen molar-refractivity contribution in [3.63, 3.8) is 0 Å². The van der Waals surface area contributed by atoms with Crippen molar-refractivity contribution >= 4 is 38.3 Å². The number of fused-ring (bicyclic) bond motifs is 1. The van der Waals surface area contributed by atoms with Gasteiger partial charge < -0.3 is 9.80 Å². The van der Waals surface area contributed by atoms with E-state index in [0.717, 1.165) is 20.9 Å². The normalized spacial score (nSPS) is 14.5. The lowest BCUT2D eigenvalue weighted by atomic mass is 10.1. The first-order chi connectivity index (χ1) is 13.5. The molecule has 2 heterocycles. The van der Waals surface area contributed by atoms with Crippen LogP contribution in [0.1, 0.15) is 5.56 Å². The Morgan fingerprint density at radius 3 is 2.54 bits per heavy atom. The Hall–Kier alpha value is -3.07. The predicted molar refractivity (Wildman–Crippen MR) is 105 cm³/mol. The van der Waals surface area contributed by atoms with E-state index >= 15 is 0 Å². The number of thiazole rings is 1. The molecule has 28 heavy (non-hydrogen) atoms. The highest BCUT2D eigenvalue weighted by atomic mass is 32.1. The first-order valence-electron chi connectivity index (χ1n) is 8.82. The molecule has 1 amide bonds. The maximum absolute atomic E-state index is 13.0. The van der Waals surface area contributed by atoms with Gasteiger partial charge in [0.1, 0.15) is 5.82 Å². The summed E-state index contributed by atoms with van der Waals surface area (Å²) in [5.74, 6) is -0.294. The fraction of sp³-hybridized carbons (Fsp3) is 0.263. The third-order valence-corrected chi connectivity index (χ3v) is 5.82. The van der Waals surface area contributed by atoms with Crippen LogP contribution < -0.4 is 4.90 Å². The number of non-ortho nitro benzene ring substituents is 1. The monoisotopic (exact) mass is 400 g/mol. The van der Waals surface area contributed by atoms with Crippen LogP contribution in [0.3, 0.4) is 0 Å². The molecular weight excluding hydrogens is 383 g/mol. The van der Waals surface area contributed by atoms with Crippen LogP contribution in [0.15, 0.2) is 42.5 Å². The number of amides is 1. The Labute approximate surface area is 164 Å². The van der Waals surface area contributed by atoms with Crippen LogP contribution in [0.2, 0.25) is 0 Å². The summed E-state index contributed by atoms with van der Waals surface area (Å²) in [5.41, 5.74) is 1.58. The predicted octanol–water partition coefficient (Wildman–Crippen LogP) is 3.23. The van der Waals surface area contributed by atoms with E-state index in [2.05, 4.69) is 9.88 Å². The summed E-state index contributed by atoms with van der Waals surface area (Å²) in [6, 6.07) is 10.6. The van der Waals surface area contributed by atoms with Gasteiger partial charge in [0.2, 0.25) is 5.91 Å². The zero-order valence-electron chi connectivity index (χ0n) is 14.9. The van der Waals surface area contributed by atoms with E-state index in [0.29, 0.717) is 26.2 Å². The summed E-state index contributed by atoms with van der Waals surface area (Å²) < 4.78 is 13.8. The summed E-state index contributed by atoms with van der Waals surface area (Å²) in [5, 5.41) is 11.7. The average Bonchev–Trinajstić information content (AvgIpc) is 3.13. The van der Waals surface area contributed by atoms with Gasteiger partial charge in [-0.05, 0) is 23.8 Å². The van der Waals surface area contributed by atoms with E-state index in [-0.39, 0.29) is 23.8 Å². The molecule has 0 saturated carbocycles. The molecule has 144 valence electrons. The van der Waals surface area contributed by atoms with Crippen LogP contribution in [0, 0.1) is 15.9 Å². The number of aromatic nitrogens is 1. The van der Waals surface area contributed by atoms with Gasteiger partial charge in [0.15, 0.2) is 5.13 Å². The molecule has 1 aliphatic heterocycles. The van der Waals surface area contributed by atoms with E-state index < -0.39 is 4.92 Å². The van der Waals surface area contributed by atoms with Crippen LogP contribution in [-0.4, -0.2) is 46.9 Å². The van der Waals surface area contributed by atoms with Crippen LogP contribution >= 0.6 is 11.3 Å². The topological polar surface area (TPSA) is 79.6 Å². The zero-order chi connectivity index (χ0) is 19.7. The third kappa shape index (κ3) is 3.79. The quantitative estimate of drug-likeness (QED) is 0.496. The van der Waals surface area contributed by atoms with Gasteiger partial charge in [0.05, 0.1) is 21.6 Å². The molecule has 3 aromatic rings. The standard InChI is InChI=1S/C19H17FN4O3S/c20-14-3-1-13(2-4-14)11-18(25)22-7-9-23(10-8-22)19-21-16-6-5-15(24(26)27)12-17(16)28-19/h1-6,12H,7-11H2. The van der Waals surface area contributed by atoms with Crippen molar-refractivity contribution < 1.29 is 14.1 Å². The molecule has 0 unspecified atom stereocenters. The van der Waals surface area contributed by atoms with Gasteiger partial charge in [-0.1, -0.05) is 23.5 Å². The number of nitrogens with zero attached hydrogens (tertiary/aromatic N) is 4. The van der Waals surface area contributed by atoms with Crippen molar-refractivity contribution in [3.8, 4) is 0 Å². The summed E-state index contributed by atoms with van der Waals surface area (Å²) in [6.07, 6.45) is 0.255. The fourth-order valence-electron chi connectivity index (χ4n) is 3.19. The second-order valence-electron chi connectivity index (χ2n) is 6.58. The Morgan fingerprint density at radius 1 is 1.14 bits per heavy atom. The first-order valence-corrected chi connectivity index (χ1v) is 9.63. The van der Waals surface area contributed by atoms with E-state index in [4.69, 9.17) is 0 Å². The van der Waals surface area contributed by atoms with Gasteiger partial charge in [0, 0.05) is 38.3 Å². The number of rotatable bonds is 4. The van der Waals surface area contributed by atoms with Crippen LogP contribution in [0.25, 0.3) is 10.2 Å². The summed E-state index contributed by atoms with van der Waals surface area (Å²) in [7, 11) is 0. The molecule has 0 aliphatic carbocycles. The van der Waals surface area contributed by atoms with Gasteiger partial charge in [-0.25, -0.2) is 9.37 Å². The molecular formula is C19H17FN4O3S. The van der Waals surface area contributed by atoms with E-state index in [1.807, 2.05) is 0 Å². The highest BCUT2D eigenvalue weighted by molar-refractivity contribution is 7.22. The van der Waals surface area contributed by atoms with Crippen molar-refractivity contribution in [1.82, 2.24) is 9.88 Å². The number of carbonyl (C=O) groups is 1. The van der Waals surface area contributed by atoms with Crippen molar-refractivity contribution in [2.45, 2.75) is 6.42 Å². The van der Waals surface area contributed by atoms with Gasteiger partial charge in [0.25, 0.3) is 5.69 Å². The summed E-state index contributed by atoms with van der Waals surface area (Å²) in [6.45, 7) is 2.46. The molecule has 4 rings (SSSR count). The molecule has 9 heteroatoms. The van der Waals surface area contributed by atoms with Crippen molar-refractivity contribution in [1.29, 1.82) is 0 Å². The van der Waals surface area contributed by atoms with Crippen molar-refractivity contribution in [3.05, 3.63) is 64.0 Å². The minimum absolute atomic E-state index is 0.0196. The lowest BCUT2D eigenvalue weighted by Gasteiger charge is -2.34. The van der Waals surface area contributed by atoms with Gasteiger partial charge in [-0.3, -0.25) is 14.9 Å². The average molecular weight is 400 g/mol. The van der Waals surface area contributed by atoms with Gasteiger partial charge in [-0.15, -0.1) is 0 Å². The molecule has 0 bridgehead atoms. The number of benzene rings is 2. The fourth-order valence-corrected chi connectivity index (χ4v) is 4.24. The molecule has 1 aliphatic rings. The minimum Gasteiger partial charge on any atom is -0.345 e. The Morgan fingerprint density at radius 2 is 1.86 bits per heavy atom. The molecule has 0 atom stereocenters. The SMILES string of the molecule is O=C(Cc1ccc(F)cc1)N1CCN(c2nc3ccc([N+](=O)[O-])cc3s2)CC1. The van der Waals surface area contributed by atoms with E-state index in [1.54, 1.807) is 29.2 Å². The summed E-state index contributed by atoms with van der Waals surface area (Å²) in [4.78, 5) is 31.5. The van der Waals surface area contributed by atoms with E-state index in [1.165, 1.54) is 29.5 Å². The Balaban J connectivity index is 1.39. The van der Waals surface area contributed by atoms with Gasteiger partial charge >= 0.3 is 0 Å². The number of halogens is 1. The molecule has 1 saturated heterocycles. The van der Waals surface area contributed by atoms with Gasteiger partial charge in [-0.2, -0.15) is 0 Å². The lowest BCUT2D eigenvalue weighted by molar-refractivity contribution is -0.384. The number of nitro groups is 1. The Kier molecular flexibility index (Phi) is 4.91. The largest absolute Gasteiger partial charge is 0.345 e.